The van der Waals surface area contributed by atoms with Crippen molar-refractivity contribution < 1.29 is 19.2 Å². The van der Waals surface area contributed by atoms with Gasteiger partial charge in [-0.05, 0) is 42.0 Å². The van der Waals surface area contributed by atoms with Gasteiger partial charge in [0.25, 0.3) is 5.69 Å². The molecule has 2 aromatic rings. The number of non-ortho nitro benzene ring substituents is 1. The van der Waals surface area contributed by atoms with Gasteiger partial charge in [0.1, 0.15) is 19.0 Å². The second-order valence-electron chi connectivity index (χ2n) is 4.77. The number of carbonyl (C=O) groups is 1. The largest absolute Gasteiger partial charge is 0.488 e. The van der Waals surface area contributed by atoms with Gasteiger partial charge in [0.2, 0.25) is 0 Å². The quantitative estimate of drug-likeness (QED) is 0.231. The van der Waals surface area contributed by atoms with Crippen LogP contribution in [-0.2, 0) is 9.53 Å². The Bertz CT molecular complexity index is 790. The van der Waals surface area contributed by atoms with E-state index in [4.69, 9.17) is 32.7 Å². The third kappa shape index (κ3) is 6.10. The Kier molecular flexibility index (Phi) is 6.80. The summed E-state index contributed by atoms with van der Waals surface area (Å²) in [6, 6.07) is 10.6. The molecule has 6 nitrogen and oxygen atoms in total. The van der Waals surface area contributed by atoms with E-state index in [1.165, 1.54) is 36.4 Å². The normalized spacial score (nSPS) is 10.6. The molecular weight excluding hydrogens is 369 g/mol. The lowest BCUT2D eigenvalue weighted by Crippen LogP contribution is -2.10. The molecule has 0 saturated heterocycles. The molecular formula is C17H13Cl2NO5. The van der Waals surface area contributed by atoms with Gasteiger partial charge < -0.3 is 9.47 Å². The number of benzene rings is 2. The van der Waals surface area contributed by atoms with Gasteiger partial charge in [-0.1, -0.05) is 23.2 Å². The van der Waals surface area contributed by atoms with Crippen LogP contribution in [0.3, 0.4) is 0 Å². The topological polar surface area (TPSA) is 78.7 Å². The van der Waals surface area contributed by atoms with Crippen LogP contribution in [0.15, 0.2) is 48.5 Å². The van der Waals surface area contributed by atoms with Crippen molar-refractivity contribution in [3.8, 4) is 5.75 Å². The lowest BCUT2D eigenvalue weighted by molar-refractivity contribution is -0.384. The van der Waals surface area contributed by atoms with Gasteiger partial charge >= 0.3 is 5.97 Å². The Morgan fingerprint density at radius 1 is 1.12 bits per heavy atom. The van der Waals surface area contributed by atoms with Crippen molar-refractivity contribution >= 4 is 40.9 Å². The lowest BCUT2D eigenvalue weighted by atomic mass is 10.2. The highest BCUT2D eigenvalue weighted by Crippen LogP contribution is 2.27. The fourth-order valence-corrected chi connectivity index (χ4v) is 2.27. The fraction of sp³-hybridized carbons (Fsp3) is 0.118. The van der Waals surface area contributed by atoms with Gasteiger partial charge in [-0.3, -0.25) is 10.1 Å². The van der Waals surface area contributed by atoms with Crippen LogP contribution in [0.2, 0.25) is 10.0 Å². The molecule has 0 aromatic heterocycles. The van der Waals surface area contributed by atoms with Crippen LogP contribution < -0.4 is 4.74 Å². The van der Waals surface area contributed by atoms with Crippen molar-refractivity contribution in [2.45, 2.75) is 0 Å². The van der Waals surface area contributed by atoms with E-state index in [1.54, 1.807) is 18.2 Å². The van der Waals surface area contributed by atoms with Crippen LogP contribution in [0.1, 0.15) is 5.56 Å². The molecule has 0 unspecified atom stereocenters. The Labute approximate surface area is 153 Å². The summed E-state index contributed by atoms with van der Waals surface area (Å²) < 4.78 is 10.4. The summed E-state index contributed by atoms with van der Waals surface area (Å²) in [5.74, 6) is -0.104. The monoisotopic (exact) mass is 381 g/mol. The van der Waals surface area contributed by atoms with Crippen LogP contribution in [0.5, 0.6) is 5.75 Å². The smallest absolute Gasteiger partial charge is 0.330 e. The highest BCUT2D eigenvalue weighted by Gasteiger charge is 2.04. The van der Waals surface area contributed by atoms with E-state index in [9.17, 15) is 14.9 Å². The summed E-state index contributed by atoms with van der Waals surface area (Å²) in [5, 5.41) is 11.4. The highest BCUT2D eigenvalue weighted by atomic mass is 35.5. The maximum absolute atomic E-state index is 11.6. The van der Waals surface area contributed by atoms with E-state index in [0.29, 0.717) is 21.4 Å². The second kappa shape index (κ2) is 9.05. The Morgan fingerprint density at radius 3 is 2.48 bits per heavy atom. The van der Waals surface area contributed by atoms with Gasteiger partial charge in [0.15, 0.2) is 0 Å². The molecule has 2 rings (SSSR count). The predicted octanol–water partition coefficient (Wildman–Crippen LogP) is 4.54. The van der Waals surface area contributed by atoms with Crippen LogP contribution in [0, 0.1) is 10.1 Å². The summed E-state index contributed by atoms with van der Waals surface area (Å²) in [5.41, 5.74) is 0.629. The number of rotatable bonds is 7. The Balaban J connectivity index is 1.75. The molecule has 0 spiro atoms. The number of halogens is 2. The number of hydrogen-bond acceptors (Lipinski definition) is 5. The minimum absolute atomic E-state index is 0.0160. The minimum atomic E-state index is -0.552. The fourth-order valence-electron chi connectivity index (χ4n) is 1.81. The van der Waals surface area contributed by atoms with Crippen molar-refractivity contribution in [2.24, 2.45) is 0 Å². The average molecular weight is 382 g/mol. The van der Waals surface area contributed by atoms with E-state index in [0.717, 1.165) is 0 Å². The van der Waals surface area contributed by atoms with Crippen LogP contribution in [-0.4, -0.2) is 24.1 Å². The summed E-state index contributed by atoms with van der Waals surface area (Å²) in [7, 11) is 0. The number of nitro benzene ring substituents is 1. The molecule has 0 amide bonds. The van der Waals surface area contributed by atoms with Gasteiger partial charge in [0, 0.05) is 23.2 Å². The molecule has 0 heterocycles. The first-order valence-corrected chi connectivity index (χ1v) is 7.88. The van der Waals surface area contributed by atoms with E-state index in [2.05, 4.69) is 0 Å². The molecule has 0 atom stereocenters. The molecule has 0 fully saturated rings. The first-order chi connectivity index (χ1) is 12.0. The van der Waals surface area contributed by atoms with Crippen LogP contribution >= 0.6 is 23.2 Å². The van der Waals surface area contributed by atoms with E-state index >= 15 is 0 Å². The average Bonchev–Trinajstić information content (AvgIpc) is 2.58. The maximum Gasteiger partial charge on any atom is 0.330 e. The van der Waals surface area contributed by atoms with Crippen LogP contribution in [0.4, 0.5) is 5.69 Å². The Morgan fingerprint density at radius 2 is 1.84 bits per heavy atom. The molecule has 2 aromatic carbocycles. The second-order valence-corrected chi connectivity index (χ2v) is 5.62. The minimum Gasteiger partial charge on any atom is -0.488 e. The van der Waals surface area contributed by atoms with Gasteiger partial charge in [0.05, 0.1) is 9.95 Å². The molecule has 0 bridgehead atoms. The number of ether oxygens (including phenoxy) is 2. The summed E-state index contributed by atoms with van der Waals surface area (Å²) in [6.07, 6.45) is 2.74. The molecule has 8 heteroatoms. The highest BCUT2D eigenvalue weighted by molar-refractivity contribution is 6.35. The van der Waals surface area contributed by atoms with Crippen molar-refractivity contribution in [3.63, 3.8) is 0 Å². The zero-order chi connectivity index (χ0) is 18.2. The van der Waals surface area contributed by atoms with E-state index < -0.39 is 10.9 Å². The van der Waals surface area contributed by atoms with Crippen molar-refractivity contribution in [2.75, 3.05) is 13.2 Å². The standard InChI is InChI=1S/C17H13Cl2NO5/c18-13-4-7-16(15(19)11-13)24-9-10-25-17(21)8-3-12-1-5-14(6-2-12)20(22)23/h1-8,11H,9-10H2/b8-3+. The molecule has 0 saturated carbocycles. The lowest BCUT2D eigenvalue weighted by Gasteiger charge is -2.08. The van der Waals surface area contributed by atoms with E-state index in [-0.39, 0.29) is 18.9 Å². The molecule has 0 radical (unpaired) electrons. The molecule has 0 aliphatic carbocycles. The molecule has 0 aliphatic heterocycles. The summed E-state index contributed by atoms with van der Waals surface area (Å²) >= 11 is 11.7. The van der Waals surface area contributed by atoms with Gasteiger partial charge in [-0.15, -0.1) is 0 Å². The molecule has 0 N–H and O–H groups in total. The Hall–Kier alpha value is -2.57. The van der Waals surface area contributed by atoms with Crippen LogP contribution in [0.25, 0.3) is 6.08 Å². The third-order valence-corrected chi connectivity index (χ3v) is 3.53. The molecule has 130 valence electrons. The zero-order valence-electron chi connectivity index (χ0n) is 12.9. The van der Waals surface area contributed by atoms with E-state index in [1.807, 2.05) is 0 Å². The van der Waals surface area contributed by atoms with Crippen molar-refractivity contribution in [1.29, 1.82) is 0 Å². The predicted molar refractivity (Wildman–Crippen MR) is 95.0 cm³/mol. The summed E-state index contributed by atoms with van der Waals surface area (Å²) in [4.78, 5) is 21.7. The number of nitrogens with zero attached hydrogens (tertiary/aromatic N) is 1. The third-order valence-electron chi connectivity index (χ3n) is 2.99. The number of hydrogen-bond donors (Lipinski definition) is 0. The van der Waals surface area contributed by atoms with Crippen molar-refractivity contribution in [1.82, 2.24) is 0 Å². The first kappa shape index (κ1) is 18.8. The SMILES string of the molecule is O=C(/C=C/c1ccc([N+](=O)[O-])cc1)OCCOc1ccc(Cl)cc1Cl. The number of nitro groups is 1. The first-order valence-electron chi connectivity index (χ1n) is 7.13. The maximum atomic E-state index is 11.6. The number of esters is 1. The zero-order valence-corrected chi connectivity index (χ0v) is 14.4. The number of carbonyl (C=O) groups excluding carboxylic acids is 1. The van der Waals surface area contributed by atoms with Crippen molar-refractivity contribution in [3.05, 3.63) is 74.3 Å². The van der Waals surface area contributed by atoms with Gasteiger partial charge in [-0.2, -0.15) is 0 Å². The van der Waals surface area contributed by atoms with Gasteiger partial charge in [-0.25, -0.2) is 4.79 Å². The summed E-state index contributed by atoms with van der Waals surface area (Å²) in [6.45, 7) is 0.181. The molecule has 25 heavy (non-hydrogen) atoms. The molecule has 0 aliphatic rings.